The van der Waals surface area contributed by atoms with Crippen LogP contribution in [-0.4, -0.2) is 24.3 Å². The van der Waals surface area contributed by atoms with Gasteiger partial charge in [-0.3, -0.25) is 4.79 Å². The zero-order chi connectivity index (χ0) is 20.8. The summed E-state index contributed by atoms with van der Waals surface area (Å²) in [6.45, 7) is 10.4. The fourth-order valence-electron chi connectivity index (χ4n) is 3.24. The first-order chi connectivity index (χ1) is 13.5. The SMILES string of the molecule is C=CC(C)CC/C=C/CC(CC(C)(CC)C(=O)OCCCO)c1ccccc1. The second-order valence-electron chi connectivity index (χ2n) is 7.94. The zero-order valence-electron chi connectivity index (χ0n) is 17.9. The number of hydrogen-bond acceptors (Lipinski definition) is 3. The van der Waals surface area contributed by atoms with Crippen LogP contribution >= 0.6 is 0 Å². The predicted octanol–water partition coefficient (Wildman–Crippen LogP) is 6.05. The smallest absolute Gasteiger partial charge is 0.311 e. The second-order valence-corrected chi connectivity index (χ2v) is 7.94. The second kappa shape index (κ2) is 13.3. The van der Waals surface area contributed by atoms with E-state index in [0.717, 1.165) is 32.1 Å². The number of ether oxygens (including phenoxy) is 1. The number of carbonyl (C=O) groups is 1. The van der Waals surface area contributed by atoms with Gasteiger partial charge in [0.05, 0.1) is 12.0 Å². The monoisotopic (exact) mass is 386 g/mol. The van der Waals surface area contributed by atoms with E-state index in [9.17, 15) is 4.79 Å². The van der Waals surface area contributed by atoms with Gasteiger partial charge in [0.1, 0.15) is 0 Å². The minimum atomic E-state index is -0.527. The normalized spacial score (nSPS) is 15.7. The number of aliphatic hydroxyl groups excluding tert-OH is 1. The Labute approximate surface area is 171 Å². The molecular formula is C25H38O3. The molecule has 1 aromatic rings. The molecule has 0 saturated carbocycles. The van der Waals surface area contributed by atoms with Crippen molar-refractivity contribution >= 4 is 5.97 Å². The van der Waals surface area contributed by atoms with Gasteiger partial charge in [0, 0.05) is 13.0 Å². The number of esters is 1. The lowest BCUT2D eigenvalue weighted by Gasteiger charge is -2.30. The summed E-state index contributed by atoms with van der Waals surface area (Å²) in [5, 5.41) is 8.92. The molecule has 0 amide bonds. The number of carbonyl (C=O) groups excluding carboxylic acids is 1. The van der Waals surface area contributed by atoms with E-state index >= 15 is 0 Å². The third-order valence-electron chi connectivity index (χ3n) is 5.55. The molecule has 0 fully saturated rings. The highest BCUT2D eigenvalue weighted by atomic mass is 16.5. The summed E-state index contributed by atoms with van der Waals surface area (Å²) in [7, 11) is 0. The lowest BCUT2D eigenvalue weighted by Crippen LogP contribution is -2.31. The molecule has 156 valence electrons. The van der Waals surface area contributed by atoms with Gasteiger partial charge in [-0.05, 0) is 56.4 Å². The topological polar surface area (TPSA) is 46.5 Å². The third-order valence-corrected chi connectivity index (χ3v) is 5.55. The van der Waals surface area contributed by atoms with Gasteiger partial charge in [-0.1, -0.05) is 62.4 Å². The van der Waals surface area contributed by atoms with Gasteiger partial charge in [0.15, 0.2) is 0 Å². The van der Waals surface area contributed by atoms with Crippen molar-refractivity contribution < 1.29 is 14.6 Å². The highest BCUT2D eigenvalue weighted by Crippen LogP contribution is 2.38. The Bertz CT molecular complexity index is 593. The first-order valence-electron chi connectivity index (χ1n) is 10.6. The van der Waals surface area contributed by atoms with Crippen LogP contribution in [0.4, 0.5) is 0 Å². The van der Waals surface area contributed by atoms with Crippen LogP contribution in [0.15, 0.2) is 55.1 Å². The largest absolute Gasteiger partial charge is 0.465 e. The number of aliphatic hydroxyl groups is 1. The van der Waals surface area contributed by atoms with E-state index in [0.29, 0.717) is 12.3 Å². The number of allylic oxidation sites excluding steroid dienone is 3. The van der Waals surface area contributed by atoms with Gasteiger partial charge < -0.3 is 9.84 Å². The molecule has 3 heteroatoms. The maximum Gasteiger partial charge on any atom is 0.311 e. The zero-order valence-corrected chi connectivity index (χ0v) is 17.9. The first kappa shape index (κ1) is 24.2. The Morgan fingerprint density at radius 2 is 2.00 bits per heavy atom. The van der Waals surface area contributed by atoms with Crippen molar-refractivity contribution in [1.82, 2.24) is 0 Å². The molecule has 0 bridgehead atoms. The molecule has 1 rings (SSSR count). The molecule has 3 unspecified atom stereocenters. The summed E-state index contributed by atoms with van der Waals surface area (Å²) in [6.07, 6.45) is 11.5. The number of rotatable bonds is 14. The van der Waals surface area contributed by atoms with Gasteiger partial charge in [-0.2, -0.15) is 0 Å². The molecule has 0 saturated heterocycles. The Morgan fingerprint density at radius 3 is 2.61 bits per heavy atom. The molecule has 0 aliphatic carbocycles. The van der Waals surface area contributed by atoms with Gasteiger partial charge in [-0.25, -0.2) is 0 Å². The van der Waals surface area contributed by atoms with E-state index < -0.39 is 5.41 Å². The van der Waals surface area contributed by atoms with E-state index in [1.54, 1.807) is 0 Å². The number of hydrogen-bond donors (Lipinski definition) is 1. The van der Waals surface area contributed by atoms with Crippen LogP contribution in [0.1, 0.15) is 70.8 Å². The molecule has 1 N–H and O–H groups in total. The molecule has 0 aliphatic rings. The minimum Gasteiger partial charge on any atom is -0.465 e. The van der Waals surface area contributed by atoms with Crippen molar-refractivity contribution in [2.75, 3.05) is 13.2 Å². The molecule has 0 aliphatic heterocycles. The highest BCUT2D eigenvalue weighted by Gasteiger charge is 2.35. The summed E-state index contributed by atoms with van der Waals surface area (Å²) < 4.78 is 5.43. The van der Waals surface area contributed by atoms with Crippen LogP contribution in [0.2, 0.25) is 0 Å². The molecule has 0 heterocycles. The summed E-state index contributed by atoms with van der Waals surface area (Å²) in [5.74, 6) is 0.643. The molecule has 0 aromatic heterocycles. The standard InChI is InChI=1S/C25H38O3/c1-5-21(3)14-9-7-12-17-23(22-15-10-8-11-16-22)20-25(4,6-2)24(27)28-19-13-18-26/h5,7-8,10-12,15-16,21,23,26H,1,6,9,13-14,17-20H2,2-4H3/b12-7+. The summed E-state index contributed by atoms with van der Waals surface area (Å²) in [4.78, 5) is 12.7. The van der Waals surface area contributed by atoms with Crippen molar-refractivity contribution in [1.29, 1.82) is 0 Å². The quantitative estimate of drug-likeness (QED) is 0.240. The third kappa shape index (κ3) is 8.43. The van der Waals surface area contributed by atoms with E-state index in [1.165, 1.54) is 5.56 Å². The molecule has 28 heavy (non-hydrogen) atoms. The van der Waals surface area contributed by atoms with Crippen molar-refractivity contribution in [3.63, 3.8) is 0 Å². The first-order valence-corrected chi connectivity index (χ1v) is 10.6. The van der Waals surface area contributed by atoms with E-state index in [1.807, 2.05) is 26.0 Å². The summed E-state index contributed by atoms with van der Waals surface area (Å²) in [5.41, 5.74) is 0.732. The van der Waals surface area contributed by atoms with Crippen molar-refractivity contribution in [2.45, 2.75) is 65.2 Å². The Kier molecular flexibility index (Phi) is 11.5. The average molecular weight is 387 g/mol. The van der Waals surface area contributed by atoms with E-state index in [4.69, 9.17) is 9.84 Å². The van der Waals surface area contributed by atoms with Gasteiger partial charge >= 0.3 is 5.97 Å². The highest BCUT2D eigenvalue weighted by molar-refractivity contribution is 5.76. The van der Waals surface area contributed by atoms with Gasteiger partial charge in [0.2, 0.25) is 0 Å². The molecule has 1 aromatic carbocycles. The van der Waals surface area contributed by atoms with E-state index in [2.05, 4.69) is 49.9 Å². The lowest BCUT2D eigenvalue weighted by atomic mass is 9.75. The molecule has 0 spiro atoms. The maximum atomic E-state index is 12.7. The van der Waals surface area contributed by atoms with Gasteiger partial charge in [-0.15, -0.1) is 6.58 Å². The maximum absolute atomic E-state index is 12.7. The molecule has 0 radical (unpaired) electrons. The minimum absolute atomic E-state index is 0.0397. The van der Waals surface area contributed by atoms with Crippen molar-refractivity contribution in [2.24, 2.45) is 11.3 Å². The van der Waals surface area contributed by atoms with Crippen LogP contribution < -0.4 is 0 Å². The fourth-order valence-corrected chi connectivity index (χ4v) is 3.24. The summed E-state index contributed by atoms with van der Waals surface area (Å²) in [6, 6.07) is 10.4. The number of benzene rings is 1. The summed E-state index contributed by atoms with van der Waals surface area (Å²) >= 11 is 0. The Morgan fingerprint density at radius 1 is 1.29 bits per heavy atom. The molecule has 3 nitrogen and oxygen atoms in total. The van der Waals surface area contributed by atoms with Crippen LogP contribution in [-0.2, 0) is 9.53 Å². The van der Waals surface area contributed by atoms with Crippen LogP contribution in [0, 0.1) is 11.3 Å². The predicted molar refractivity (Wildman–Crippen MR) is 117 cm³/mol. The van der Waals surface area contributed by atoms with Crippen LogP contribution in [0.5, 0.6) is 0 Å². The van der Waals surface area contributed by atoms with Crippen molar-refractivity contribution in [3.05, 3.63) is 60.7 Å². The van der Waals surface area contributed by atoms with E-state index in [-0.39, 0.29) is 25.1 Å². The fraction of sp³-hybridized carbons (Fsp3) is 0.560. The Hall–Kier alpha value is -1.87. The average Bonchev–Trinajstić information content (AvgIpc) is 2.72. The van der Waals surface area contributed by atoms with Crippen molar-refractivity contribution in [3.8, 4) is 0 Å². The lowest BCUT2D eigenvalue weighted by molar-refractivity contribution is -0.156. The Balaban J connectivity index is 2.82. The molecule has 3 atom stereocenters. The van der Waals surface area contributed by atoms with Crippen LogP contribution in [0.3, 0.4) is 0 Å². The molecular weight excluding hydrogens is 348 g/mol. The van der Waals surface area contributed by atoms with Crippen LogP contribution in [0.25, 0.3) is 0 Å². The van der Waals surface area contributed by atoms with Gasteiger partial charge in [0.25, 0.3) is 0 Å².